The molecule has 8 nitrogen and oxygen atoms in total. The molecular formula is C14H20O8. The molecule has 0 bridgehead atoms. The summed E-state index contributed by atoms with van der Waals surface area (Å²) in [7, 11) is 0. The molecule has 0 saturated heterocycles. The molecule has 8 heteroatoms. The first-order chi connectivity index (χ1) is 10.3. The molecule has 0 unspecified atom stereocenters. The second-order valence-corrected chi connectivity index (χ2v) is 4.14. The van der Waals surface area contributed by atoms with Crippen LogP contribution in [0, 0.1) is 0 Å². The van der Waals surface area contributed by atoms with E-state index in [9.17, 15) is 19.2 Å². The van der Waals surface area contributed by atoms with Gasteiger partial charge in [0.1, 0.15) is 6.61 Å². The number of hydrogen-bond donors (Lipinski definition) is 0. The molecule has 2 atom stereocenters. The van der Waals surface area contributed by atoms with Crippen molar-refractivity contribution in [3.05, 3.63) is 12.2 Å². The van der Waals surface area contributed by atoms with Gasteiger partial charge in [-0.05, 0) is 13.0 Å². The molecular weight excluding hydrogens is 296 g/mol. The summed E-state index contributed by atoms with van der Waals surface area (Å²) >= 11 is 0. The van der Waals surface area contributed by atoms with Crippen molar-refractivity contribution < 1.29 is 38.1 Å². The van der Waals surface area contributed by atoms with Crippen LogP contribution in [0.25, 0.3) is 0 Å². The van der Waals surface area contributed by atoms with Gasteiger partial charge in [-0.2, -0.15) is 0 Å². The molecule has 0 rings (SSSR count). The van der Waals surface area contributed by atoms with Gasteiger partial charge < -0.3 is 18.9 Å². The van der Waals surface area contributed by atoms with Crippen LogP contribution in [0.4, 0.5) is 0 Å². The van der Waals surface area contributed by atoms with Gasteiger partial charge in [0.2, 0.25) is 0 Å². The second kappa shape index (κ2) is 10.4. The summed E-state index contributed by atoms with van der Waals surface area (Å²) in [6, 6.07) is 0. The number of carbonyl (C=O) groups excluding carboxylic acids is 4. The summed E-state index contributed by atoms with van der Waals surface area (Å²) in [5.74, 6) is -2.54. The van der Waals surface area contributed by atoms with Crippen molar-refractivity contribution in [1.82, 2.24) is 0 Å². The first-order valence-electron chi connectivity index (χ1n) is 6.59. The van der Waals surface area contributed by atoms with Crippen LogP contribution in [0.1, 0.15) is 27.7 Å². The summed E-state index contributed by atoms with van der Waals surface area (Å²) in [6.45, 7) is 4.99. The Bertz CT molecular complexity index is 440. The lowest BCUT2D eigenvalue weighted by molar-refractivity contribution is -0.169. The molecule has 0 aliphatic carbocycles. The van der Waals surface area contributed by atoms with Crippen molar-refractivity contribution in [3.63, 3.8) is 0 Å². The van der Waals surface area contributed by atoms with Crippen molar-refractivity contribution in [2.75, 3.05) is 13.2 Å². The zero-order chi connectivity index (χ0) is 17.1. The van der Waals surface area contributed by atoms with Gasteiger partial charge in [0.05, 0.1) is 6.61 Å². The minimum Gasteiger partial charge on any atom is -0.463 e. The van der Waals surface area contributed by atoms with Gasteiger partial charge in [0.15, 0.2) is 12.2 Å². The van der Waals surface area contributed by atoms with E-state index in [2.05, 4.69) is 0 Å². The van der Waals surface area contributed by atoms with Crippen molar-refractivity contribution in [1.29, 1.82) is 0 Å². The molecule has 0 aliphatic heterocycles. The largest absolute Gasteiger partial charge is 0.463 e. The summed E-state index contributed by atoms with van der Waals surface area (Å²) in [4.78, 5) is 44.4. The number of rotatable bonds is 8. The minimum atomic E-state index is -1.09. The molecule has 0 fully saturated rings. The van der Waals surface area contributed by atoms with E-state index in [-0.39, 0.29) is 13.2 Å². The van der Waals surface area contributed by atoms with Crippen LogP contribution >= 0.6 is 0 Å². The monoisotopic (exact) mass is 316 g/mol. The predicted octanol–water partition coefficient (Wildman–Crippen LogP) is 0.532. The van der Waals surface area contributed by atoms with E-state index in [1.807, 2.05) is 0 Å². The van der Waals surface area contributed by atoms with Crippen LogP contribution in [-0.2, 0) is 38.1 Å². The van der Waals surface area contributed by atoms with Crippen molar-refractivity contribution in [3.8, 4) is 0 Å². The van der Waals surface area contributed by atoms with Crippen LogP contribution < -0.4 is 0 Å². The van der Waals surface area contributed by atoms with Gasteiger partial charge in [-0.1, -0.05) is 0 Å². The van der Waals surface area contributed by atoms with E-state index in [1.165, 1.54) is 13.0 Å². The molecule has 0 spiro atoms. The minimum absolute atomic E-state index is 0.183. The Labute approximate surface area is 128 Å². The van der Waals surface area contributed by atoms with Crippen LogP contribution in [0.5, 0.6) is 0 Å². The maximum absolute atomic E-state index is 11.3. The maximum Gasteiger partial charge on any atom is 0.330 e. The van der Waals surface area contributed by atoms with E-state index < -0.39 is 36.1 Å². The highest BCUT2D eigenvalue weighted by molar-refractivity contribution is 5.82. The Morgan fingerprint density at radius 3 is 1.95 bits per heavy atom. The fourth-order valence-corrected chi connectivity index (χ4v) is 1.40. The Morgan fingerprint density at radius 2 is 1.50 bits per heavy atom. The molecule has 124 valence electrons. The molecule has 0 aliphatic rings. The van der Waals surface area contributed by atoms with E-state index in [0.717, 1.165) is 19.9 Å². The summed E-state index contributed by atoms with van der Waals surface area (Å²) in [5.41, 5.74) is 0. The Hall–Kier alpha value is -2.38. The summed E-state index contributed by atoms with van der Waals surface area (Å²) < 4.78 is 19.4. The van der Waals surface area contributed by atoms with Crippen LogP contribution in [0.3, 0.4) is 0 Å². The van der Waals surface area contributed by atoms with Crippen molar-refractivity contribution >= 4 is 23.9 Å². The quantitative estimate of drug-likeness (QED) is 0.363. The normalized spacial score (nSPS) is 13.1. The molecule has 0 aromatic heterocycles. The highest BCUT2D eigenvalue weighted by atomic mass is 16.6. The van der Waals surface area contributed by atoms with Crippen molar-refractivity contribution in [2.24, 2.45) is 0 Å². The molecule has 0 saturated carbocycles. The highest BCUT2D eigenvalue weighted by Crippen LogP contribution is 2.09. The van der Waals surface area contributed by atoms with Crippen LogP contribution in [0.2, 0.25) is 0 Å². The Balaban J connectivity index is 5.08. The fourth-order valence-electron chi connectivity index (χ4n) is 1.40. The highest BCUT2D eigenvalue weighted by Gasteiger charge is 2.26. The van der Waals surface area contributed by atoms with E-state index in [1.54, 1.807) is 6.92 Å². The van der Waals surface area contributed by atoms with E-state index in [0.29, 0.717) is 0 Å². The van der Waals surface area contributed by atoms with Gasteiger partial charge in [-0.15, -0.1) is 0 Å². The first kappa shape index (κ1) is 19.6. The summed E-state index contributed by atoms with van der Waals surface area (Å²) in [5, 5.41) is 0. The van der Waals surface area contributed by atoms with Crippen LogP contribution in [-0.4, -0.2) is 49.3 Å². The molecule has 0 radical (unpaired) electrons. The third-order valence-electron chi connectivity index (χ3n) is 2.15. The fraction of sp³-hybridized carbons (Fsp3) is 0.571. The molecule has 22 heavy (non-hydrogen) atoms. The predicted molar refractivity (Wildman–Crippen MR) is 73.5 cm³/mol. The number of hydrogen-bond acceptors (Lipinski definition) is 8. The number of carbonyl (C=O) groups is 4. The SMILES string of the molecule is CCOC(=O)/C=C/[C@H](OC(C)=O)[C@H](COC(C)=O)OC(C)=O. The topological polar surface area (TPSA) is 105 Å². The zero-order valence-corrected chi connectivity index (χ0v) is 13.0. The summed E-state index contributed by atoms with van der Waals surface area (Å²) in [6.07, 6.45) is 0.0823. The average Bonchev–Trinajstić information content (AvgIpc) is 2.39. The van der Waals surface area contributed by atoms with Crippen LogP contribution in [0.15, 0.2) is 12.2 Å². The first-order valence-corrected chi connectivity index (χ1v) is 6.59. The Kier molecular flexibility index (Phi) is 9.24. The third kappa shape index (κ3) is 9.51. The molecule has 0 amide bonds. The number of ether oxygens (including phenoxy) is 4. The van der Waals surface area contributed by atoms with Gasteiger partial charge in [-0.3, -0.25) is 14.4 Å². The molecule has 0 N–H and O–H groups in total. The van der Waals surface area contributed by atoms with Gasteiger partial charge in [0.25, 0.3) is 0 Å². The van der Waals surface area contributed by atoms with Gasteiger partial charge >= 0.3 is 23.9 Å². The molecule has 0 heterocycles. The molecule has 0 aromatic carbocycles. The zero-order valence-electron chi connectivity index (χ0n) is 13.0. The smallest absolute Gasteiger partial charge is 0.330 e. The van der Waals surface area contributed by atoms with E-state index >= 15 is 0 Å². The standard InChI is InChI=1S/C14H20O8/c1-5-19-14(18)7-6-12(21-10(3)16)13(22-11(4)17)8-20-9(2)15/h6-7,12-13H,5,8H2,1-4H3/b7-6+/t12-,13-/m0/s1. The van der Waals surface area contributed by atoms with Gasteiger partial charge in [0, 0.05) is 26.8 Å². The maximum atomic E-state index is 11.3. The third-order valence-corrected chi connectivity index (χ3v) is 2.15. The Morgan fingerprint density at radius 1 is 0.909 bits per heavy atom. The molecule has 0 aromatic rings. The van der Waals surface area contributed by atoms with Gasteiger partial charge in [-0.25, -0.2) is 4.79 Å². The average molecular weight is 316 g/mol. The number of esters is 4. The van der Waals surface area contributed by atoms with Crippen molar-refractivity contribution in [2.45, 2.75) is 39.9 Å². The lowest BCUT2D eigenvalue weighted by Crippen LogP contribution is -2.37. The van der Waals surface area contributed by atoms with E-state index in [4.69, 9.17) is 18.9 Å². The second-order valence-electron chi connectivity index (χ2n) is 4.14. The lowest BCUT2D eigenvalue weighted by atomic mass is 10.2. The lowest BCUT2D eigenvalue weighted by Gasteiger charge is -2.23.